The minimum atomic E-state index is -4.57. The summed E-state index contributed by atoms with van der Waals surface area (Å²) < 4.78 is 53.2. The molecule has 15 heteroatoms. The number of H-pyrrole nitrogens is 2. The van der Waals surface area contributed by atoms with E-state index < -0.39 is 29.8 Å². The molecular formula is C16H17N9O4S2. The van der Waals surface area contributed by atoms with Crippen LogP contribution >= 0.6 is 0 Å². The summed E-state index contributed by atoms with van der Waals surface area (Å²) in [5, 5.41) is 26.6. The first-order valence-corrected chi connectivity index (χ1v) is 11.8. The Balaban J connectivity index is 2.13. The van der Waals surface area contributed by atoms with Gasteiger partial charge in [0.05, 0.1) is 17.3 Å². The third-order valence-corrected chi connectivity index (χ3v) is 7.09. The van der Waals surface area contributed by atoms with E-state index in [1.165, 1.54) is 6.07 Å². The van der Waals surface area contributed by atoms with E-state index in [1.807, 2.05) is 6.07 Å². The third-order valence-electron chi connectivity index (χ3n) is 4.47. The second kappa shape index (κ2) is 7.78. The number of tetrazole rings is 1. The molecule has 2 heterocycles. The smallest absolute Gasteiger partial charge is 0.241 e. The van der Waals surface area contributed by atoms with Gasteiger partial charge in [-0.15, -0.1) is 10.2 Å². The van der Waals surface area contributed by atoms with E-state index in [1.54, 1.807) is 18.3 Å². The Morgan fingerprint density at radius 2 is 1.87 bits per heavy atom. The number of rotatable bonds is 7. The zero-order chi connectivity index (χ0) is 22.2. The highest BCUT2D eigenvalue weighted by Gasteiger charge is 2.32. The lowest BCUT2D eigenvalue weighted by Gasteiger charge is -2.16. The summed E-state index contributed by atoms with van der Waals surface area (Å²) in [5.41, 5.74) is 6.72. The molecule has 0 bridgehead atoms. The number of nitrogens with one attached hydrogen (secondary N) is 3. The third kappa shape index (κ3) is 3.79. The summed E-state index contributed by atoms with van der Waals surface area (Å²) in [5.74, 6) is -0.147. The molecule has 7 N–H and O–H groups in total. The van der Waals surface area contributed by atoms with Gasteiger partial charge in [-0.05, 0) is 16.8 Å². The van der Waals surface area contributed by atoms with Crippen LogP contribution in [0.2, 0.25) is 0 Å². The fraction of sp³-hybridized carbons (Fsp3) is 0.125. The molecule has 0 amide bonds. The van der Waals surface area contributed by atoms with E-state index in [2.05, 4.69) is 35.5 Å². The molecule has 2 aromatic carbocycles. The van der Waals surface area contributed by atoms with E-state index in [0.717, 1.165) is 11.5 Å². The summed E-state index contributed by atoms with van der Waals surface area (Å²) in [6, 6.07) is 7.89. The summed E-state index contributed by atoms with van der Waals surface area (Å²) in [7, 11) is -8.84. The van der Waals surface area contributed by atoms with E-state index in [4.69, 9.17) is 10.9 Å². The van der Waals surface area contributed by atoms with Crippen molar-refractivity contribution in [1.29, 1.82) is 0 Å². The van der Waals surface area contributed by atoms with E-state index >= 15 is 0 Å². The van der Waals surface area contributed by atoms with Gasteiger partial charge in [0.1, 0.15) is 9.79 Å². The number of fused-ring (bicyclic) bond motifs is 1. The molecule has 31 heavy (non-hydrogen) atoms. The van der Waals surface area contributed by atoms with Crippen LogP contribution in [0.25, 0.3) is 33.4 Å². The minimum absolute atomic E-state index is 0.0154. The number of aromatic nitrogens is 6. The maximum atomic E-state index is 12.8. The van der Waals surface area contributed by atoms with Gasteiger partial charge in [-0.3, -0.25) is 5.10 Å². The normalized spacial score (nSPS) is 12.5. The number of primary sulfonamides is 1. The average molecular weight is 464 g/mol. The molecule has 0 saturated carbocycles. The Morgan fingerprint density at radius 3 is 2.55 bits per heavy atom. The van der Waals surface area contributed by atoms with Gasteiger partial charge in [-0.25, -0.2) is 26.7 Å². The van der Waals surface area contributed by atoms with Gasteiger partial charge in [-0.1, -0.05) is 24.3 Å². The highest BCUT2D eigenvalue weighted by Crippen LogP contribution is 2.40. The van der Waals surface area contributed by atoms with Gasteiger partial charge in [0.2, 0.25) is 25.9 Å². The average Bonchev–Trinajstić information content (AvgIpc) is 3.42. The highest BCUT2D eigenvalue weighted by atomic mass is 32.2. The number of nitrogens with two attached hydrogens (primary N) is 2. The largest absolute Gasteiger partial charge is 0.329 e. The van der Waals surface area contributed by atoms with Crippen molar-refractivity contribution in [1.82, 2.24) is 35.5 Å². The minimum Gasteiger partial charge on any atom is -0.329 e. The van der Waals surface area contributed by atoms with Crippen LogP contribution in [0.1, 0.15) is 0 Å². The molecule has 0 fully saturated rings. The first-order chi connectivity index (χ1) is 14.7. The van der Waals surface area contributed by atoms with Crippen LogP contribution in [-0.4, -0.2) is 60.7 Å². The summed E-state index contributed by atoms with van der Waals surface area (Å²) in [6.07, 6.45) is 1.60. The number of aromatic amines is 2. The fourth-order valence-corrected chi connectivity index (χ4v) is 5.88. The Morgan fingerprint density at radius 1 is 1.06 bits per heavy atom. The van der Waals surface area contributed by atoms with Crippen LogP contribution in [0.3, 0.4) is 0 Å². The lowest BCUT2D eigenvalue weighted by molar-refractivity contribution is 0.574. The van der Waals surface area contributed by atoms with Gasteiger partial charge < -0.3 is 5.73 Å². The van der Waals surface area contributed by atoms with Crippen molar-refractivity contribution in [2.24, 2.45) is 10.9 Å². The van der Waals surface area contributed by atoms with Crippen molar-refractivity contribution in [2.45, 2.75) is 9.79 Å². The van der Waals surface area contributed by atoms with E-state index in [9.17, 15) is 16.8 Å². The molecule has 0 aliphatic heterocycles. The van der Waals surface area contributed by atoms with Crippen LogP contribution < -0.4 is 15.6 Å². The predicted molar refractivity (Wildman–Crippen MR) is 110 cm³/mol. The van der Waals surface area contributed by atoms with Crippen molar-refractivity contribution < 1.29 is 16.8 Å². The number of hydrogen-bond acceptors (Lipinski definition) is 9. The quantitative estimate of drug-likeness (QED) is 0.234. The van der Waals surface area contributed by atoms with Gasteiger partial charge in [0, 0.05) is 24.0 Å². The van der Waals surface area contributed by atoms with Crippen molar-refractivity contribution >= 4 is 30.9 Å². The Kier molecular flexibility index (Phi) is 5.28. The monoisotopic (exact) mass is 463 g/mol. The number of para-hydroxylation sites is 1. The molecule has 13 nitrogen and oxygen atoms in total. The molecule has 0 aliphatic carbocycles. The van der Waals surface area contributed by atoms with E-state index in [-0.39, 0.29) is 24.5 Å². The lowest BCUT2D eigenvalue weighted by atomic mass is 9.97. The van der Waals surface area contributed by atoms with E-state index in [0.29, 0.717) is 16.6 Å². The first kappa shape index (κ1) is 21.0. The number of benzene rings is 2. The van der Waals surface area contributed by atoms with Crippen LogP contribution in [-0.2, 0) is 20.0 Å². The SMILES string of the molecule is NCCNS(=O)(=O)c1ccc(-c2cccc3cn[nH]c23)c(-c2nn[nH]n2)c1S(N)(=O)=O. The number of nitrogens with zero attached hydrogens (tertiary/aromatic N) is 4. The molecule has 162 valence electrons. The fourth-order valence-electron chi connectivity index (χ4n) is 3.24. The molecule has 2 aromatic heterocycles. The van der Waals surface area contributed by atoms with Gasteiger partial charge in [0.15, 0.2) is 0 Å². The van der Waals surface area contributed by atoms with Crippen molar-refractivity contribution in [3.63, 3.8) is 0 Å². The second-order valence-electron chi connectivity index (χ2n) is 6.42. The molecule has 0 radical (unpaired) electrons. The van der Waals surface area contributed by atoms with Crippen LogP contribution in [0, 0.1) is 0 Å². The van der Waals surface area contributed by atoms with Gasteiger partial charge in [0.25, 0.3) is 0 Å². The molecule has 0 spiro atoms. The van der Waals surface area contributed by atoms with Crippen LogP contribution in [0.5, 0.6) is 0 Å². The van der Waals surface area contributed by atoms with Gasteiger partial charge in [-0.2, -0.15) is 10.3 Å². The van der Waals surface area contributed by atoms with Crippen molar-refractivity contribution in [3.05, 3.63) is 36.5 Å². The zero-order valence-corrected chi connectivity index (χ0v) is 17.4. The summed E-state index contributed by atoms with van der Waals surface area (Å²) in [6.45, 7) is -0.0827. The Hall–Kier alpha value is -3.24. The standard InChI is InChI=1S/C16H17N9O4S2/c17-6-7-20-31(28,29)12-5-4-10(11-3-1-2-9-8-19-21-14(9)11)13(15(12)30(18,26)27)16-22-24-25-23-16/h1-5,8,20H,6-7,17H2,(H,19,21)(H2,18,26,27)(H,22,23,24,25). The summed E-state index contributed by atoms with van der Waals surface area (Å²) >= 11 is 0. The molecule has 4 rings (SSSR count). The Labute approximate surface area is 176 Å². The van der Waals surface area contributed by atoms with Crippen LogP contribution in [0.15, 0.2) is 46.3 Å². The molecule has 0 unspecified atom stereocenters. The Bertz CT molecular complexity index is 1460. The zero-order valence-electron chi connectivity index (χ0n) is 15.8. The predicted octanol–water partition coefficient (Wildman–Crippen LogP) is -0.706. The number of hydrogen-bond donors (Lipinski definition) is 5. The van der Waals surface area contributed by atoms with Gasteiger partial charge >= 0.3 is 0 Å². The lowest BCUT2D eigenvalue weighted by Crippen LogP contribution is -2.31. The topological polar surface area (TPSA) is 215 Å². The second-order valence-corrected chi connectivity index (χ2v) is 9.66. The maximum absolute atomic E-state index is 12.8. The first-order valence-electron chi connectivity index (χ1n) is 8.80. The molecule has 0 atom stereocenters. The highest BCUT2D eigenvalue weighted by molar-refractivity contribution is 7.92. The molecule has 4 aromatic rings. The molecule has 0 saturated heterocycles. The molecular weight excluding hydrogens is 446 g/mol. The molecule has 0 aliphatic rings. The summed E-state index contributed by atoms with van der Waals surface area (Å²) in [4.78, 5) is -1.21. The number of sulfonamides is 2. The van der Waals surface area contributed by atoms with Crippen molar-refractivity contribution in [3.8, 4) is 22.5 Å². The van der Waals surface area contributed by atoms with Crippen molar-refractivity contribution in [2.75, 3.05) is 13.1 Å². The van der Waals surface area contributed by atoms with Crippen LogP contribution in [0.4, 0.5) is 0 Å². The maximum Gasteiger partial charge on any atom is 0.241 e.